The Morgan fingerprint density at radius 2 is 1.33 bits per heavy atom. The molecular weight excluding hydrogens is 509 g/mol. The number of ketones is 1. The molecule has 0 radical (unpaired) electrons. The summed E-state index contributed by atoms with van der Waals surface area (Å²) in [6.45, 7) is -0.786. The van der Waals surface area contributed by atoms with Gasteiger partial charge in [0.2, 0.25) is 0 Å². The van der Waals surface area contributed by atoms with Crippen molar-refractivity contribution in [3.8, 4) is 0 Å². The molecule has 0 aliphatic heterocycles. The number of carbonyl (C=O) groups excluding carboxylic acids is 3. The van der Waals surface area contributed by atoms with Crippen LogP contribution in [0.3, 0.4) is 0 Å². The predicted octanol–water partition coefficient (Wildman–Crippen LogP) is 6.16. The number of anilines is 1. The second-order valence-electron chi connectivity index (χ2n) is 8.26. The van der Waals surface area contributed by atoms with Crippen LogP contribution in [0.5, 0.6) is 0 Å². The lowest BCUT2D eigenvalue weighted by atomic mass is 10.0. The fourth-order valence-corrected chi connectivity index (χ4v) is 3.54. The molecular formula is C30H21F3N2O4. The third-order valence-electron chi connectivity index (χ3n) is 5.52. The first-order valence-electron chi connectivity index (χ1n) is 11.7. The van der Waals surface area contributed by atoms with Crippen LogP contribution in [-0.4, -0.2) is 30.5 Å². The molecule has 196 valence electrons. The summed E-state index contributed by atoms with van der Waals surface area (Å²) in [5, 5.41) is 4.81. The normalized spacial score (nSPS) is 11.3. The Morgan fingerprint density at radius 1 is 0.744 bits per heavy atom. The van der Waals surface area contributed by atoms with Crippen molar-refractivity contribution in [2.24, 2.45) is 5.10 Å². The number of esters is 1. The highest BCUT2D eigenvalue weighted by Gasteiger charge is 2.31. The van der Waals surface area contributed by atoms with Gasteiger partial charge in [-0.1, -0.05) is 78.9 Å². The third kappa shape index (κ3) is 7.04. The van der Waals surface area contributed by atoms with E-state index in [0.29, 0.717) is 16.7 Å². The number of hydrogen-bond acceptors (Lipinski definition) is 5. The summed E-state index contributed by atoms with van der Waals surface area (Å²) in [6, 6.07) is 27.1. The van der Waals surface area contributed by atoms with Gasteiger partial charge in [-0.15, -0.1) is 0 Å². The number of carbonyl (C=O) groups is 3. The molecule has 0 aliphatic rings. The Labute approximate surface area is 222 Å². The smallest absolute Gasteiger partial charge is 0.416 e. The first-order valence-corrected chi connectivity index (χ1v) is 11.7. The SMILES string of the molecule is O=C(OCC(=O)N(/N=C/c1ccccc1)c1cccc(C(F)(F)F)c1)c1ccc(C(=O)c2ccccc2)cc1. The van der Waals surface area contributed by atoms with Crippen LogP contribution in [-0.2, 0) is 15.7 Å². The first kappa shape index (κ1) is 27.0. The minimum Gasteiger partial charge on any atom is -0.452 e. The Balaban J connectivity index is 1.48. The van der Waals surface area contributed by atoms with Crippen molar-refractivity contribution in [3.63, 3.8) is 0 Å². The summed E-state index contributed by atoms with van der Waals surface area (Å²) in [6.07, 6.45) is -3.32. The summed E-state index contributed by atoms with van der Waals surface area (Å²) in [7, 11) is 0. The van der Waals surface area contributed by atoms with E-state index in [2.05, 4.69) is 5.10 Å². The van der Waals surface area contributed by atoms with E-state index in [1.807, 2.05) is 0 Å². The average molecular weight is 531 g/mol. The van der Waals surface area contributed by atoms with E-state index in [9.17, 15) is 27.6 Å². The predicted molar refractivity (Wildman–Crippen MR) is 140 cm³/mol. The summed E-state index contributed by atoms with van der Waals surface area (Å²) in [5.74, 6) is -1.94. The van der Waals surface area contributed by atoms with Crippen LogP contribution in [0.1, 0.15) is 37.4 Å². The molecule has 0 aliphatic carbocycles. The van der Waals surface area contributed by atoms with Crippen LogP contribution in [0.25, 0.3) is 0 Å². The topological polar surface area (TPSA) is 76.0 Å². The first-order chi connectivity index (χ1) is 18.7. The van der Waals surface area contributed by atoms with E-state index in [-0.39, 0.29) is 17.0 Å². The van der Waals surface area contributed by atoms with Crippen molar-refractivity contribution in [2.45, 2.75) is 6.18 Å². The van der Waals surface area contributed by atoms with Gasteiger partial charge in [0.05, 0.1) is 23.0 Å². The number of benzene rings is 4. The maximum atomic E-state index is 13.3. The summed E-state index contributed by atoms with van der Waals surface area (Å²) in [5.41, 5.74) is 0.427. The lowest BCUT2D eigenvalue weighted by Crippen LogP contribution is -2.31. The Bertz CT molecular complexity index is 1490. The van der Waals surface area contributed by atoms with Gasteiger partial charge in [0.15, 0.2) is 12.4 Å². The van der Waals surface area contributed by atoms with Gasteiger partial charge in [0.1, 0.15) is 0 Å². The second-order valence-corrected chi connectivity index (χ2v) is 8.26. The van der Waals surface area contributed by atoms with Crippen LogP contribution < -0.4 is 5.01 Å². The van der Waals surface area contributed by atoms with Gasteiger partial charge in [-0.25, -0.2) is 4.79 Å². The fraction of sp³-hybridized carbons (Fsp3) is 0.0667. The molecule has 9 heteroatoms. The molecule has 0 aromatic heterocycles. The highest BCUT2D eigenvalue weighted by Crippen LogP contribution is 2.31. The van der Waals surface area contributed by atoms with Crippen molar-refractivity contribution in [1.29, 1.82) is 0 Å². The van der Waals surface area contributed by atoms with Gasteiger partial charge < -0.3 is 4.74 Å². The zero-order valence-corrected chi connectivity index (χ0v) is 20.3. The monoisotopic (exact) mass is 530 g/mol. The molecule has 0 atom stereocenters. The minimum atomic E-state index is -4.63. The minimum absolute atomic E-state index is 0.0887. The third-order valence-corrected chi connectivity index (χ3v) is 5.52. The number of hydrazone groups is 1. The van der Waals surface area contributed by atoms with Gasteiger partial charge in [-0.3, -0.25) is 9.59 Å². The van der Waals surface area contributed by atoms with Crippen molar-refractivity contribution in [3.05, 3.63) is 137 Å². The molecule has 6 nitrogen and oxygen atoms in total. The largest absolute Gasteiger partial charge is 0.452 e. The van der Waals surface area contributed by atoms with E-state index < -0.39 is 30.2 Å². The highest BCUT2D eigenvalue weighted by molar-refractivity contribution is 6.09. The van der Waals surface area contributed by atoms with Gasteiger partial charge in [-0.2, -0.15) is 23.3 Å². The number of nitrogens with zero attached hydrogens (tertiary/aromatic N) is 2. The van der Waals surface area contributed by atoms with Crippen molar-refractivity contribution >= 4 is 29.6 Å². The van der Waals surface area contributed by atoms with Crippen molar-refractivity contribution in [1.82, 2.24) is 0 Å². The Kier molecular flexibility index (Phi) is 8.30. The Morgan fingerprint density at radius 3 is 1.97 bits per heavy atom. The zero-order valence-electron chi connectivity index (χ0n) is 20.3. The highest BCUT2D eigenvalue weighted by atomic mass is 19.4. The lowest BCUT2D eigenvalue weighted by Gasteiger charge is -2.18. The molecule has 0 unspecified atom stereocenters. The van der Waals surface area contributed by atoms with Crippen LogP contribution in [0.4, 0.5) is 18.9 Å². The molecule has 0 saturated heterocycles. The Hall–Kier alpha value is -5.05. The van der Waals surface area contributed by atoms with Crippen molar-refractivity contribution in [2.75, 3.05) is 11.6 Å². The molecule has 4 aromatic carbocycles. The van der Waals surface area contributed by atoms with E-state index in [1.54, 1.807) is 60.7 Å². The number of ether oxygens (including phenoxy) is 1. The molecule has 39 heavy (non-hydrogen) atoms. The summed E-state index contributed by atoms with van der Waals surface area (Å²) in [4.78, 5) is 38.1. The van der Waals surface area contributed by atoms with E-state index in [4.69, 9.17) is 4.74 Å². The van der Waals surface area contributed by atoms with Gasteiger partial charge in [0.25, 0.3) is 5.91 Å². The van der Waals surface area contributed by atoms with Gasteiger partial charge in [-0.05, 0) is 35.9 Å². The zero-order chi connectivity index (χ0) is 27.8. The maximum absolute atomic E-state index is 13.3. The molecule has 0 fully saturated rings. The average Bonchev–Trinajstić information content (AvgIpc) is 2.96. The van der Waals surface area contributed by atoms with Crippen molar-refractivity contribution < 1.29 is 32.3 Å². The van der Waals surface area contributed by atoms with Crippen LogP contribution in [0, 0.1) is 0 Å². The molecule has 1 amide bonds. The van der Waals surface area contributed by atoms with E-state index >= 15 is 0 Å². The molecule has 0 spiro atoms. The quantitative estimate of drug-likeness (QED) is 0.118. The van der Waals surface area contributed by atoms with E-state index in [1.165, 1.54) is 36.5 Å². The number of rotatable bonds is 8. The molecule has 4 rings (SSSR count). The summed E-state index contributed by atoms with van der Waals surface area (Å²) >= 11 is 0. The van der Waals surface area contributed by atoms with Crippen LogP contribution >= 0.6 is 0 Å². The van der Waals surface area contributed by atoms with E-state index in [0.717, 1.165) is 23.2 Å². The molecule has 0 heterocycles. The number of halogens is 3. The number of amides is 1. The molecule has 4 aromatic rings. The molecule has 0 saturated carbocycles. The fourth-order valence-electron chi connectivity index (χ4n) is 3.54. The van der Waals surface area contributed by atoms with Crippen LogP contribution in [0.2, 0.25) is 0 Å². The van der Waals surface area contributed by atoms with Crippen LogP contribution in [0.15, 0.2) is 114 Å². The molecule has 0 bridgehead atoms. The van der Waals surface area contributed by atoms with Gasteiger partial charge >= 0.3 is 12.1 Å². The standard InChI is InChI=1S/C30H21F3N2O4/c31-30(32,33)25-12-7-13-26(18-25)35(34-19-21-8-3-1-4-9-21)27(36)20-39-29(38)24-16-14-23(15-17-24)28(37)22-10-5-2-6-11-22/h1-19H,20H2/b34-19+. The summed E-state index contributed by atoms with van der Waals surface area (Å²) < 4.78 is 44.9. The second kappa shape index (κ2) is 12.0. The molecule has 0 N–H and O–H groups in total. The maximum Gasteiger partial charge on any atom is 0.416 e. The number of hydrogen-bond donors (Lipinski definition) is 0. The number of alkyl halides is 3. The lowest BCUT2D eigenvalue weighted by molar-refractivity contribution is -0.137. The van der Waals surface area contributed by atoms with Gasteiger partial charge in [0, 0.05) is 11.1 Å².